The monoisotopic (exact) mass is 516 g/mol. The molecule has 0 heterocycles. The maximum Gasteiger partial charge on any atom is 0.307 e. The standard InChI is InChI=1S/C15H13ClFNO2.C6H13N3O6/c1-9-5-6-13(10(7-9)8-14(19)20)18-15-11(16)3-2-4-12(15)17;10-8(11)14-5-1-3-7-4-2-6-15-9(12)13/h2-7,18H,8H2,1H3,(H,19,20);7H,1-6H2. The van der Waals surface area contributed by atoms with Gasteiger partial charge in [0.05, 0.1) is 30.3 Å². The molecule has 0 spiro atoms. The van der Waals surface area contributed by atoms with Gasteiger partial charge in [0.2, 0.25) is 0 Å². The van der Waals surface area contributed by atoms with Gasteiger partial charge in [0.25, 0.3) is 10.2 Å². The average molecular weight is 517 g/mol. The van der Waals surface area contributed by atoms with E-state index in [4.69, 9.17) is 16.7 Å². The molecule has 0 amide bonds. The van der Waals surface area contributed by atoms with Crippen molar-refractivity contribution in [3.8, 4) is 0 Å². The van der Waals surface area contributed by atoms with Crippen LogP contribution in [0.25, 0.3) is 0 Å². The largest absolute Gasteiger partial charge is 0.481 e. The zero-order chi connectivity index (χ0) is 26.2. The molecule has 0 radical (unpaired) electrons. The number of benzene rings is 2. The molecule has 0 bridgehead atoms. The summed E-state index contributed by atoms with van der Waals surface area (Å²) in [5.74, 6) is -1.43. The quantitative estimate of drug-likeness (QED) is 0.190. The molecule has 12 nitrogen and oxygen atoms in total. The van der Waals surface area contributed by atoms with Crippen LogP contribution in [0, 0.1) is 33.0 Å². The molecule has 0 saturated carbocycles. The summed E-state index contributed by atoms with van der Waals surface area (Å²) in [5, 5.41) is 32.7. The maximum absolute atomic E-state index is 13.7. The lowest BCUT2D eigenvalue weighted by molar-refractivity contribution is -0.757. The van der Waals surface area contributed by atoms with E-state index in [0.717, 1.165) is 5.56 Å². The number of para-hydroxylation sites is 1. The lowest BCUT2D eigenvalue weighted by atomic mass is 10.1. The second-order valence-corrected chi connectivity index (χ2v) is 7.43. The van der Waals surface area contributed by atoms with Crippen LogP contribution in [0.5, 0.6) is 0 Å². The Bertz CT molecular complexity index is 956. The third kappa shape index (κ3) is 12.9. The zero-order valence-electron chi connectivity index (χ0n) is 18.9. The summed E-state index contributed by atoms with van der Waals surface area (Å²) in [4.78, 5) is 38.5. The molecule has 35 heavy (non-hydrogen) atoms. The van der Waals surface area contributed by atoms with Crippen molar-refractivity contribution in [1.29, 1.82) is 0 Å². The van der Waals surface area contributed by atoms with Gasteiger partial charge in [-0.3, -0.25) is 4.79 Å². The Morgan fingerprint density at radius 3 is 2.20 bits per heavy atom. The number of rotatable bonds is 14. The highest BCUT2D eigenvalue weighted by molar-refractivity contribution is 6.33. The van der Waals surface area contributed by atoms with E-state index in [1.165, 1.54) is 12.1 Å². The van der Waals surface area contributed by atoms with Crippen molar-refractivity contribution in [2.75, 3.05) is 31.6 Å². The van der Waals surface area contributed by atoms with Crippen LogP contribution in [-0.2, 0) is 20.9 Å². The lowest BCUT2D eigenvalue weighted by Gasteiger charge is -2.13. The molecular weight excluding hydrogens is 491 g/mol. The van der Waals surface area contributed by atoms with E-state index in [-0.39, 0.29) is 30.3 Å². The summed E-state index contributed by atoms with van der Waals surface area (Å²) < 4.78 is 13.7. The summed E-state index contributed by atoms with van der Waals surface area (Å²) in [6.07, 6.45) is 0.879. The fourth-order valence-electron chi connectivity index (χ4n) is 2.70. The number of nitrogens with zero attached hydrogens (tertiary/aromatic N) is 2. The Balaban J connectivity index is 0.000000367. The molecule has 0 aromatic heterocycles. The first-order valence-corrected chi connectivity index (χ1v) is 10.8. The van der Waals surface area contributed by atoms with E-state index in [9.17, 15) is 29.4 Å². The second kappa shape index (κ2) is 16.0. The van der Waals surface area contributed by atoms with Crippen LogP contribution in [0.3, 0.4) is 0 Å². The summed E-state index contributed by atoms with van der Waals surface area (Å²) in [5.41, 5.74) is 2.19. The number of carboxylic acid groups (broad SMARTS) is 1. The van der Waals surface area contributed by atoms with Gasteiger partial charge in [0.15, 0.2) is 0 Å². The van der Waals surface area contributed by atoms with Gasteiger partial charge < -0.3 is 25.4 Å². The smallest absolute Gasteiger partial charge is 0.307 e. The Kier molecular flexibility index (Phi) is 13.4. The third-order valence-electron chi connectivity index (χ3n) is 4.21. The summed E-state index contributed by atoms with van der Waals surface area (Å²) in [7, 11) is 0. The minimum Gasteiger partial charge on any atom is -0.481 e. The Hall–Kier alpha value is -3.71. The summed E-state index contributed by atoms with van der Waals surface area (Å²) in [6, 6.07) is 9.66. The number of aliphatic carboxylic acids is 1. The maximum atomic E-state index is 13.7. The van der Waals surface area contributed by atoms with Gasteiger partial charge in [0.1, 0.15) is 5.82 Å². The van der Waals surface area contributed by atoms with Crippen LogP contribution in [0.1, 0.15) is 24.0 Å². The van der Waals surface area contributed by atoms with Gasteiger partial charge in [-0.25, -0.2) is 4.39 Å². The molecule has 0 aliphatic carbocycles. The van der Waals surface area contributed by atoms with Crippen LogP contribution in [0.2, 0.25) is 5.02 Å². The molecule has 0 aliphatic heterocycles. The predicted octanol–water partition coefficient (Wildman–Crippen LogP) is 3.93. The molecule has 14 heteroatoms. The molecule has 0 atom stereocenters. The van der Waals surface area contributed by atoms with E-state index in [1.807, 2.05) is 13.0 Å². The van der Waals surface area contributed by atoms with E-state index in [0.29, 0.717) is 37.2 Å². The number of hydrogen-bond acceptors (Lipinski definition) is 9. The number of carbonyl (C=O) groups is 1. The van der Waals surface area contributed by atoms with Crippen LogP contribution >= 0.6 is 11.6 Å². The van der Waals surface area contributed by atoms with Crippen molar-refractivity contribution < 1.29 is 34.1 Å². The van der Waals surface area contributed by atoms with Crippen molar-refractivity contribution in [1.82, 2.24) is 5.32 Å². The first kappa shape index (κ1) is 29.3. The van der Waals surface area contributed by atoms with E-state index in [2.05, 4.69) is 20.3 Å². The number of hydrogen-bond donors (Lipinski definition) is 3. The van der Waals surface area contributed by atoms with Crippen molar-refractivity contribution in [3.05, 3.63) is 78.6 Å². The Labute approximate surface area is 205 Å². The third-order valence-corrected chi connectivity index (χ3v) is 4.53. The predicted molar refractivity (Wildman–Crippen MR) is 125 cm³/mol. The summed E-state index contributed by atoms with van der Waals surface area (Å²) in [6.45, 7) is 3.08. The molecule has 0 aliphatic rings. The van der Waals surface area contributed by atoms with E-state index in [1.54, 1.807) is 18.2 Å². The van der Waals surface area contributed by atoms with Crippen molar-refractivity contribution in [3.63, 3.8) is 0 Å². The van der Waals surface area contributed by atoms with Gasteiger partial charge in [-0.1, -0.05) is 35.4 Å². The van der Waals surface area contributed by atoms with Crippen LogP contribution in [-0.4, -0.2) is 47.6 Å². The molecule has 0 fully saturated rings. The minimum atomic E-state index is -0.946. The number of aryl methyl sites for hydroxylation is 1. The Morgan fingerprint density at radius 2 is 1.69 bits per heavy atom. The highest BCUT2D eigenvalue weighted by Crippen LogP contribution is 2.30. The molecule has 3 N–H and O–H groups in total. The molecule has 2 aromatic carbocycles. The van der Waals surface area contributed by atoms with Gasteiger partial charge in [-0.05, 0) is 56.6 Å². The van der Waals surface area contributed by atoms with E-state index < -0.39 is 22.0 Å². The minimum absolute atomic E-state index is 0.0470. The SMILES string of the molecule is Cc1ccc(Nc2c(F)cccc2Cl)c(CC(=O)O)c1.O=[N+]([O-])OCCCNCCCO[N+](=O)[O-]. The molecule has 0 saturated heterocycles. The highest BCUT2D eigenvalue weighted by atomic mass is 35.5. The molecule has 0 unspecified atom stereocenters. The fraction of sp³-hybridized carbons (Fsp3) is 0.381. The fourth-order valence-corrected chi connectivity index (χ4v) is 2.91. The normalized spacial score (nSPS) is 10.0. The average Bonchev–Trinajstić information content (AvgIpc) is 2.76. The van der Waals surface area contributed by atoms with Crippen LogP contribution < -0.4 is 10.6 Å². The number of nitrogens with one attached hydrogen (secondary N) is 2. The second-order valence-electron chi connectivity index (χ2n) is 7.02. The zero-order valence-corrected chi connectivity index (χ0v) is 19.6. The first-order chi connectivity index (χ1) is 16.6. The van der Waals surface area contributed by atoms with Gasteiger partial charge in [-0.15, -0.1) is 20.2 Å². The highest BCUT2D eigenvalue weighted by Gasteiger charge is 2.12. The lowest BCUT2D eigenvalue weighted by Crippen LogP contribution is -2.20. The molecule has 2 rings (SSSR count). The Morgan fingerprint density at radius 1 is 1.09 bits per heavy atom. The van der Waals surface area contributed by atoms with Gasteiger partial charge in [-0.2, -0.15) is 0 Å². The molecular formula is C21H26ClFN4O8. The van der Waals surface area contributed by atoms with Gasteiger partial charge >= 0.3 is 5.97 Å². The van der Waals surface area contributed by atoms with Crippen molar-refractivity contribution in [2.45, 2.75) is 26.2 Å². The van der Waals surface area contributed by atoms with E-state index >= 15 is 0 Å². The molecule has 2 aromatic rings. The summed E-state index contributed by atoms with van der Waals surface area (Å²) >= 11 is 5.95. The number of halogens is 2. The topological polar surface area (TPSA) is 166 Å². The number of carboxylic acids is 1. The molecule has 192 valence electrons. The first-order valence-electron chi connectivity index (χ1n) is 10.4. The van der Waals surface area contributed by atoms with Crippen molar-refractivity contribution >= 4 is 28.9 Å². The van der Waals surface area contributed by atoms with Gasteiger partial charge in [0, 0.05) is 5.69 Å². The van der Waals surface area contributed by atoms with Crippen molar-refractivity contribution in [2.24, 2.45) is 0 Å². The van der Waals surface area contributed by atoms with Crippen LogP contribution in [0.15, 0.2) is 36.4 Å². The number of anilines is 2. The van der Waals surface area contributed by atoms with Crippen LogP contribution in [0.4, 0.5) is 15.8 Å².